The summed E-state index contributed by atoms with van der Waals surface area (Å²) in [5.74, 6) is 0.645. The average molecular weight is 258 g/mol. The number of rotatable bonds is 7. The molecular formula is C10H18N4O2S. The first-order chi connectivity index (χ1) is 8.19. The summed E-state index contributed by atoms with van der Waals surface area (Å²) in [7, 11) is 0. The van der Waals surface area contributed by atoms with E-state index < -0.39 is 0 Å². The topological polar surface area (TPSA) is 94.0 Å². The maximum Gasteiger partial charge on any atom is 0.277 e. The van der Waals surface area contributed by atoms with Gasteiger partial charge in [-0.2, -0.15) is 0 Å². The molecule has 0 saturated heterocycles. The Kier molecular flexibility index (Phi) is 5.99. The van der Waals surface area contributed by atoms with Gasteiger partial charge in [0.25, 0.3) is 5.22 Å². The van der Waals surface area contributed by atoms with Crippen LogP contribution in [0.25, 0.3) is 0 Å². The van der Waals surface area contributed by atoms with Crippen molar-refractivity contribution < 1.29 is 9.21 Å². The van der Waals surface area contributed by atoms with Gasteiger partial charge in [0, 0.05) is 6.04 Å². The maximum atomic E-state index is 11.6. The molecule has 0 atom stereocenters. The Morgan fingerprint density at radius 2 is 2.18 bits per heavy atom. The first-order valence-corrected chi connectivity index (χ1v) is 6.62. The first kappa shape index (κ1) is 14.0. The van der Waals surface area contributed by atoms with Crippen molar-refractivity contribution in [3.63, 3.8) is 0 Å². The lowest BCUT2D eigenvalue weighted by molar-refractivity contribution is -0.119. The highest BCUT2D eigenvalue weighted by atomic mass is 32.2. The second-order valence-electron chi connectivity index (χ2n) is 3.54. The molecule has 0 fully saturated rings. The third-order valence-electron chi connectivity index (χ3n) is 2.30. The molecule has 6 nitrogen and oxygen atoms in total. The van der Waals surface area contributed by atoms with Gasteiger partial charge in [0.2, 0.25) is 11.8 Å². The zero-order chi connectivity index (χ0) is 12.7. The summed E-state index contributed by atoms with van der Waals surface area (Å²) < 4.78 is 5.18. The van der Waals surface area contributed by atoms with Crippen molar-refractivity contribution in [2.24, 2.45) is 5.73 Å². The summed E-state index contributed by atoms with van der Waals surface area (Å²) in [5.41, 5.74) is 5.34. The normalized spacial score (nSPS) is 10.8. The number of carbonyl (C=O) groups is 1. The monoisotopic (exact) mass is 258 g/mol. The molecule has 1 aromatic heterocycles. The Labute approximate surface area is 105 Å². The van der Waals surface area contributed by atoms with E-state index in [1.54, 1.807) is 0 Å². The van der Waals surface area contributed by atoms with Gasteiger partial charge in [-0.25, -0.2) is 0 Å². The molecule has 96 valence electrons. The molecule has 0 unspecified atom stereocenters. The van der Waals surface area contributed by atoms with E-state index in [0.29, 0.717) is 11.1 Å². The Balaban J connectivity index is 2.32. The molecule has 0 aromatic carbocycles. The minimum atomic E-state index is -0.0174. The van der Waals surface area contributed by atoms with E-state index in [1.807, 2.05) is 13.8 Å². The quantitative estimate of drug-likeness (QED) is 0.706. The minimum absolute atomic E-state index is 0.0174. The highest BCUT2D eigenvalue weighted by molar-refractivity contribution is 7.99. The Morgan fingerprint density at radius 1 is 1.47 bits per heavy atom. The van der Waals surface area contributed by atoms with Crippen LogP contribution in [0.2, 0.25) is 0 Å². The first-order valence-electron chi connectivity index (χ1n) is 5.64. The molecule has 0 aliphatic carbocycles. The smallest absolute Gasteiger partial charge is 0.277 e. The van der Waals surface area contributed by atoms with Crippen LogP contribution in [0.3, 0.4) is 0 Å². The van der Waals surface area contributed by atoms with Crippen LogP contribution >= 0.6 is 11.8 Å². The second kappa shape index (κ2) is 7.29. The zero-order valence-corrected chi connectivity index (χ0v) is 10.9. The Morgan fingerprint density at radius 3 is 2.71 bits per heavy atom. The van der Waals surface area contributed by atoms with Crippen LogP contribution in [0.5, 0.6) is 0 Å². The SMILES string of the molecule is CCC(CC)NC(=O)CSc1nnc(CN)o1. The van der Waals surface area contributed by atoms with Gasteiger partial charge in [-0.05, 0) is 12.8 Å². The standard InChI is InChI=1S/C10H18N4O2S/c1-3-7(4-2)12-8(15)6-17-10-14-13-9(5-11)16-10/h7H,3-6,11H2,1-2H3,(H,12,15). The fourth-order valence-corrected chi connectivity index (χ4v) is 1.86. The van der Waals surface area contributed by atoms with Crippen LogP contribution in [0.4, 0.5) is 0 Å². The predicted octanol–water partition coefficient (Wildman–Crippen LogP) is 0.925. The minimum Gasteiger partial charge on any atom is -0.415 e. The summed E-state index contributed by atoms with van der Waals surface area (Å²) in [4.78, 5) is 11.6. The fraction of sp³-hybridized carbons (Fsp3) is 0.700. The van der Waals surface area contributed by atoms with Crippen molar-refractivity contribution in [2.45, 2.75) is 44.5 Å². The lowest BCUT2D eigenvalue weighted by Gasteiger charge is -2.13. The van der Waals surface area contributed by atoms with E-state index in [2.05, 4.69) is 15.5 Å². The molecule has 1 amide bonds. The van der Waals surface area contributed by atoms with Crippen LogP contribution in [0.1, 0.15) is 32.6 Å². The van der Waals surface area contributed by atoms with Crippen molar-refractivity contribution in [3.8, 4) is 0 Å². The molecule has 7 heteroatoms. The van der Waals surface area contributed by atoms with Crippen molar-refractivity contribution in [1.29, 1.82) is 0 Å². The summed E-state index contributed by atoms with van der Waals surface area (Å²) in [6.07, 6.45) is 1.87. The van der Waals surface area contributed by atoms with Crippen molar-refractivity contribution in [1.82, 2.24) is 15.5 Å². The molecule has 3 N–H and O–H groups in total. The number of nitrogens with zero attached hydrogens (tertiary/aromatic N) is 2. The van der Waals surface area contributed by atoms with Gasteiger partial charge in [0.15, 0.2) is 0 Å². The third kappa shape index (κ3) is 4.74. The maximum absolute atomic E-state index is 11.6. The number of carbonyl (C=O) groups excluding carboxylic acids is 1. The molecule has 0 radical (unpaired) electrons. The van der Waals surface area contributed by atoms with Crippen molar-refractivity contribution in [3.05, 3.63) is 5.89 Å². The number of thioether (sulfide) groups is 1. The zero-order valence-electron chi connectivity index (χ0n) is 10.1. The number of amides is 1. The van der Waals surface area contributed by atoms with Crippen LogP contribution in [-0.2, 0) is 11.3 Å². The fourth-order valence-electron chi connectivity index (χ4n) is 1.27. The van der Waals surface area contributed by atoms with E-state index >= 15 is 0 Å². The summed E-state index contributed by atoms with van der Waals surface area (Å²) >= 11 is 1.22. The average Bonchev–Trinajstić information content (AvgIpc) is 2.81. The van der Waals surface area contributed by atoms with Gasteiger partial charge in [-0.3, -0.25) is 4.79 Å². The largest absolute Gasteiger partial charge is 0.415 e. The Bertz CT molecular complexity index is 352. The van der Waals surface area contributed by atoms with Gasteiger partial charge in [-0.15, -0.1) is 10.2 Å². The number of hydrogen-bond donors (Lipinski definition) is 2. The number of nitrogens with one attached hydrogen (secondary N) is 1. The highest BCUT2D eigenvalue weighted by Crippen LogP contribution is 2.15. The van der Waals surface area contributed by atoms with E-state index in [-0.39, 0.29) is 24.2 Å². The number of aromatic nitrogens is 2. The van der Waals surface area contributed by atoms with Crippen LogP contribution in [-0.4, -0.2) is 27.9 Å². The molecule has 0 aliphatic rings. The second-order valence-corrected chi connectivity index (χ2v) is 4.46. The number of nitrogens with two attached hydrogens (primary N) is 1. The van der Waals surface area contributed by atoms with E-state index in [9.17, 15) is 4.79 Å². The Hall–Kier alpha value is -1.08. The van der Waals surface area contributed by atoms with Crippen LogP contribution in [0.15, 0.2) is 9.64 Å². The summed E-state index contributed by atoms with van der Waals surface area (Å²) in [6.45, 7) is 4.31. The third-order valence-corrected chi connectivity index (χ3v) is 3.12. The highest BCUT2D eigenvalue weighted by Gasteiger charge is 2.11. The summed E-state index contributed by atoms with van der Waals surface area (Å²) in [6, 6.07) is 0.241. The lowest BCUT2D eigenvalue weighted by Crippen LogP contribution is -2.34. The van der Waals surface area contributed by atoms with Gasteiger partial charge in [0.05, 0.1) is 12.3 Å². The lowest BCUT2D eigenvalue weighted by atomic mass is 10.2. The van der Waals surface area contributed by atoms with Crippen molar-refractivity contribution in [2.75, 3.05) is 5.75 Å². The molecule has 1 rings (SSSR count). The predicted molar refractivity (Wildman–Crippen MR) is 65.4 cm³/mol. The summed E-state index contributed by atoms with van der Waals surface area (Å²) in [5, 5.41) is 10.8. The molecular weight excluding hydrogens is 240 g/mol. The van der Waals surface area contributed by atoms with Gasteiger partial charge < -0.3 is 15.5 Å². The molecule has 1 heterocycles. The molecule has 0 bridgehead atoms. The van der Waals surface area contributed by atoms with Gasteiger partial charge in [-0.1, -0.05) is 25.6 Å². The van der Waals surface area contributed by atoms with Gasteiger partial charge in [0.1, 0.15) is 0 Å². The van der Waals surface area contributed by atoms with Gasteiger partial charge >= 0.3 is 0 Å². The molecule has 0 aliphatic heterocycles. The van der Waals surface area contributed by atoms with E-state index in [4.69, 9.17) is 10.2 Å². The van der Waals surface area contributed by atoms with Crippen molar-refractivity contribution >= 4 is 17.7 Å². The molecule has 0 saturated carbocycles. The van der Waals surface area contributed by atoms with Crippen LogP contribution < -0.4 is 11.1 Å². The molecule has 0 spiro atoms. The van der Waals surface area contributed by atoms with E-state index in [1.165, 1.54) is 11.8 Å². The molecule has 1 aromatic rings. The van der Waals surface area contributed by atoms with Crippen LogP contribution in [0, 0.1) is 0 Å². The number of hydrogen-bond acceptors (Lipinski definition) is 6. The molecule has 17 heavy (non-hydrogen) atoms. The van der Waals surface area contributed by atoms with E-state index in [0.717, 1.165) is 12.8 Å².